The van der Waals surface area contributed by atoms with Crippen LogP contribution < -0.4 is 0 Å². The van der Waals surface area contributed by atoms with Crippen LogP contribution >= 0.6 is 0 Å². The van der Waals surface area contributed by atoms with E-state index >= 15 is 8.78 Å². The fourth-order valence-electron chi connectivity index (χ4n) is 8.46. The lowest BCUT2D eigenvalue weighted by Crippen LogP contribution is -2.58. The van der Waals surface area contributed by atoms with E-state index < -0.39 is 11.3 Å². The number of alkyl halides is 2. The highest BCUT2D eigenvalue weighted by molar-refractivity contribution is 5.21. The van der Waals surface area contributed by atoms with Crippen molar-refractivity contribution >= 4 is 0 Å². The van der Waals surface area contributed by atoms with Crippen molar-refractivity contribution in [1.29, 1.82) is 5.26 Å². The van der Waals surface area contributed by atoms with Crippen LogP contribution in [0.5, 0.6) is 0 Å². The molecule has 164 valence electrons. The molecule has 5 unspecified atom stereocenters. The summed E-state index contributed by atoms with van der Waals surface area (Å²) in [6, 6.07) is 2.09. The number of rotatable bonds is 3. The van der Waals surface area contributed by atoms with Crippen LogP contribution in [0.2, 0.25) is 0 Å². The van der Waals surface area contributed by atoms with E-state index in [9.17, 15) is 0 Å². The second-order valence-electron chi connectivity index (χ2n) is 11.2. The Balaban J connectivity index is 1.35. The lowest BCUT2D eigenvalue weighted by Gasteiger charge is -2.59. The highest BCUT2D eigenvalue weighted by atomic mass is 19.3. The Labute approximate surface area is 179 Å². The number of hydrogen-bond acceptors (Lipinski definition) is 2. The van der Waals surface area contributed by atoms with Gasteiger partial charge in [0.1, 0.15) is 6.07 Å². The van der Waals surface area contributed by atoms with Crippen LogP contribution in [0.3, 0.4) is 0 Å². The lowest BCUT2D eigenvalue weighted by molar-refractivity contribution is -0.227. The number of hydrogen-bond donors (Lipinski definition) is 0. The second-order valence-corrected chi connectivity index (χ2v) is 11.2. The van der Waals surface area contributed by atoms with E-state index in [0.717, 1.165) is 25.2 Å². The van der Waals surface area contributed by atoms with Crippen LogP contribution in [-0.2, 0) is 6.54 Å². The van der Waals surface area contributed by atoms with E-state index in [1.165, 1.54) is 32.1 Å². The first-order valence-electron chi connectivity index (χ1n) is 12.1. The van der Waals surface area contributed by atoms with Crippen LogP contribution in [0, 0.1) is 58.2 Å². The Kier molecular flexibility index (Phi) is 4.99. The van der Waals surface area contributed by atoms with Crippen molar-refractivity contribution in [3.05, 3.63) is 18.0 Å². The monoisotopic (exact) mass is 415 g/mol. The summed E-state index contributed by atoms with van der Waals surface area (Å²) in [5.74, 6) is 0.395. The van der Waals surface area contributed by atoms with E-state index in [2.05, 4.69) is 18.1 Å². The van der Waals surface area contributed by atoms with Crippen molar-refractivity contribution in [2.75, 3.05) is 0 Å². The summed E-state index contributed by atoms with van der Waals surface area (Å²) in [5.41, 5.74) is -0.344. The molecule has 0 aromatic carbocycles. The van der Waals surface area contributed by atoms with Gasteiger partial charge < -0.3 is 0 Å². The number of nitriles is 1. The Morgan fingerprint density at radius 1 is 1.13 bits per heavy atom. The first-order chi connectivity index (χ1) is 14.3. The van der Waals surface area contributed by atoms with Gasteiger partial charge in [-0.2, -0.15) is 10.4 Å². The minimum atomic E-state index is -2.58. The minimum absolute atomic E-state index is 0.0392. The van der Waals surface area contributed by atoms with Crippen molar-refractivity contribution in [3.8, 4) is 6.07 Å². The SMILES string of the molecule is CC1CCC2C(CC[C@@H]3[C@@H]2CC(F)(F)C2(C)C(CCn4cc(C#N)cn4)CC[C@@H]32)C1. The third kappa shape index (κ3) is 3.04. The van der Waals surface area contributed by atoms with Gasteiger partial charge in [-0.05, 0) is 86.4 Å². The zero-order chi connectivity index (χ0) is 21.1. The van der Waals surface area contributed by atoms with Crippen LogP contribution in [0.4, 0.5) is 8.78 Å². The summed E-state index contributed by atoms with van der Waals surface area (Å²) in [5, 5.41) is 13.2. The van der Waals surface area contributed by atoms with Gasteiger partial charge in [0.05, 0.1) is 11.8 Å². The molecule has 5 rings (SSSR count). The molecule has 0 amide bonds. The largest absolute Gasteiger partial charge is 0.271 e. The number of halogens is 2. The van der Waals surface area contributed by atoms with Crippen molar-refractivity contribution in [2.45, 2.75) is 84.1 Å². The maximum Gasteiger partial charge on any atom is 0.254 e. The predicted molar refractivity (Wildman–Crippen MR) is 112 cm³/mol. The van der Waals surface area contributed by atoms with E-state index in [1.807, 2.05) is 6.92 Å². The molecule has 8 atom stereocenters. The third-order valence-electron chi connectivity index (χ3n) is 9.98. The minimum Gasteiger partial charge on any atom is -0.271 e. The van der Waals surface area contributed by atoms with Gasteiger partial charge >= 0.3 is 0 Å². The Bertz CT molecular complexity index is 827. The molecule has 30 heavy (non-hydrogen) atoms. The van der Waals surface area contributed by atoms with Gasteiger partial charge in [-0.15, -0.1) is 0 Å². The Hall–Kier alpha value is -1.44. The zero-order valence-corrected chi connectivity index (χ0v) is 18.4. The highest BCUT2D eigenvalue weighted by Crippen LogP contribution is 2.69. The number of nitrogens with zero attached hydrogens (tertiary/aromatic N) is 3. The molecule has 4 aliphatic carbocycles. The number of aryl methyl sites for hydroxylation is 1. The second kappa shape index (κ2) is 7.31. The van der Waals surface area contributed by atoms with E-state index in [0.29, 0.717) is 29.9 Å². The topological polar surface area (TPSA) is 41.6 Å². The van der Waals surface area contributed by atoms with E-state index in [-0.39, 0.29) is 24.2 Å². The number of fused-ring (bicyclic) bond motifs is 5. The molecule has 0 radical (unpaired) electrons. The average Bonchev–Trinajstić information content (AvgIpc) is 3.31. The van der Waals surface area contributed by atoms with Crippen molar-refractivity contribution in [3.63, 3.8) is 0 Å². The average molecular weight is 416 g/mol. The van der Waals surface area contributed by atoms with E-state index in [1.54, 1.807) is 17.1 Å². The maximum absolute atomic E-state index is 15.9. The molecule has 0 aliphatic heterocycles. The van der Waals surface area contributed by atoms with Crippen LogP contribution in [0.25, 0.3) is 0 Å². The molecular weight excluding hydrogens is 380 g/mol. The molecule has 4 aliphatic rings. The van der Waals surface area contributed by atoms with Gasteiger partial charge in [0, 0.05) is 24.6 Å². The standard InChI is InChI=1S/C25H35F2N3/c1-16-3-6-20-18(11-16)4-7-21-22(20)12-25(26,27)24(2)19(5-8-23(21)24)9-10-30-15-17(13-28)14-29-30/h14-16,18-23H,3-12H2,1-2H3/t16?,18?,19?,20?,21-,22-,23+,24?/m1/s1. The van der Waals surface area contributed by atoms with Crippen LogP contribution in [0.15, 0.2) is 12.4 Å². The van der Waals surface area contributed by atoms with Gasteiger partial charge in [-0.25, -0.2) is 8.78 Å². The van der Waals surface area contributed by atoms with Gasteiger partial charge in [0.2, 0.25) is 0 Å². The Morgan fingerprint density at radius 2 is 1.93 bits per heavy atom. The Morgan fingerprint density at radius 3 is 2.70 bits per heavy atom. The first kappa shape index (κ1) is 20.5. The van der Waals surface area contributed by atoms with Crippen LogP contribution in [0.1, 0.15) is 77.2 Å². The van der Waals surface area contributed by atoms with Crippen molar-refractivity contribution < 1.29 is 8.78 Å². The van der Waals surface area contributed by atoms with Crippen molar-refractivity contribution in [2.24, 2.45) is 46.8 Å². The first-order valence-corrected chi connectivity index (χ1v) is 12.1. The van der Waals surface area contributed by atoms with Gasteiger partial charge in [0.25, 0.3) is 5.92 Å². The summed E-state index contributed by atoms with van der Waals surface area (Å²) >= 11 is 0. The summed E-state index contributed by atoms with van der Waals surface area (Å²) in [6.45, 7) is 4.89. The molecule has 1 heterocycles. The molecule has 5 heteroatoms. The fourth-order valence-corrected chi connectivity index (χ4v) is 8.46. The highest BCUT2D eigenvalue weighted by Gasteiger charge is 2.68. The van der Waals surface area contributed by atoms with Gasteiger partial charge in [-0.1, -0.05) is 20.3 Å². The van der Waals surface area contributed by atoms with Gasteiger partial charge in [0.15, 0.2) is 0 Å². The summed E-state index contributed by atoms with van der Waals surface area (Å²) in [6.07, 6.45) is 12.1. The molecule has 0 bridgehead atoms. The predicted octanol–water partition coefficient (Wildman–Crippen LogP) is 6.29. The molecule has 0 N–H and O–H groups in total. The zero-order valence-electron chi connectivity index (χ0n) is 18.4. The molecule has 1 aromatic heterocycles. The molecule has 4 fully saturated rings. The lowest BCUT2D eigenvalue weighted by atomic mass is 9.48. The molecule has 4 saturated carbocycles. The fraction of sp³-hybridized carbons (Fsp3) is 0.840. The maximum atomic E-state index is 15.9. The number of aromatic nitrogens is 2. The van der Waals surface area contributed by atoms with Gasteiger partial charge in [-0.3, -0.25) is 4.68 Å². The van der Waals surface area contributed by atoms with Crippen molar-refractivity contribution in [1.82, 2.24) is 9.78 Å². The van der Waals surface area contributed by atoms with E-state index in [4.69, 9.17) is 5.26 Å². The molecule has 0 spiro atoms. The molecule has 1 aromatic rings. The van der Waals surface area contributed by atoms with Crippen LogP contribution in [-0.4, -0.2) is 15.7 Å². The normalized spacial score (nSPS) is 44.6. The summed E-state index contributed by atoms with van der Waals surface area (Å²) in [7, 11) is 0. The third-order valence-corrected chi connectivity index (χ3v) is 9.98. The summed E-state index contributed by atoms with van der Waals surface area (Å²) in [4.78, 5) is 0. The quantitative estimate of drug-likeness (QED) is 0.582. The molecule has 0 saturated heterocycles. The molecular formula is C25H35F2N3. The molecule has 3 nitrogen and oxygen atoms in total. The smallest absolute Gasteiger partial charge is 0.254 e. The summed E-state index contributed by atoms with van der Waals surface area (Å²) < 4.78 is 33.6.